The van der Waals surface area contributed by atoms with E-state index in [2.05, 4.69) is 12.2 Å². The van der Waals surface area contributed by atoms with Crippen LogP contribution in [0.4, 0.5) is 0 Å². The van der Waals surface area contributed by atoms with Gasteiger partial charge in [0.2, 0.25) is 0 Å². The highest BCUT2D eigenvalue weighted by molar-refractivity contribution is 4.85. The minimum Gasteiger partial charge on any atom is -0.389 e. The number of aliphatic hydroxyl groups is 1. The van der Waals surface area contributed by atoms with E-state index in [4.69, 9.17) is 4.74 Å². The van der Waals surface area contributed by atoms with Crippen molar-refractivity contribution in [3.8, 4) is 0 Å². The van der Waals surface area contributed by atoms with Gasteiger partial charge in [0.25, 0.3) is 0 Å². The van der Waals surface area contributed by atoms with Crippen LogP contribution in [0.3, 0.4) is 0 Å². The smallest absolute Gasteiger partial charge is 0.0926 e. The van der Waals surface area contributed by atoms with Gasteiger partial charge in [-0.15, -0.1) is 0 Å². The predicted octanol–water partition coefficient (Wildman–Crippen LogP) is 0.667. The lowest BCUT2D eigenvalue weighted by Gasteiger charge is -2.18. The van der Waals surface area contributed by atoms with Crippen molar-refractivity contribution in [1.82, 2.24) is 5.32 Å². The van der Waals surface area contributed by atoms with Crippen LogP contribution in [0.1, 0.15) is 32.6 Å². The molecule has 0 radical (unpaired) electrons. The highest BCUT2D eigenvalue weighted by Crippen LogP contribution is 2.23. The van der Waals surface area contributed by atoms with E-state index in [1.54, 1.807) is 0 Å². The molecule has 1 heterocycles. The van der Waals surface area contributed by atoms with Gasteiger partial charge in [0.1, 0.15) is 0 Å². The van der Waals surface area contributed by atoms with E-state index in [0.717, 1.165) is 12.8 Å². The fourth-order valence-electron chi connectivity index (χ4n) is 1.82. The first-order valence-electron chi connectivity index (χ1n) is 5.32. The zero-order valence-electron chi connectivity index (χ0n) is 8.20. The first-order chi connectivity index (χ1) is 6.25. The standard InChI is InChI=1S/C10H19NO2/c1-7-2-5-10(13-7)9(12)6-11-8-3-4-8/h7-12H,2-6H2,1H3. The summed E-state index contributed by atoms with van der Waals surface area (Å²) in [6.45, 7) is 2.77. The Hall–Kier alpha value is -0.120. The second-order valence-electron chi connectivity index (χ2n) is 4.31. The third kappa shape index (κ3) is 2.66. The highest BCUT2D eigenvalue weighted by atomic mass is 16.5. The van der Waals surface area contributed by atoms with Gasteiger partial charge in [-0.05, 0) is 32.6 Å². The van der Waals surface area contributed by atoms with E-state index in [0.29, 0.717) is 18.7 Å². The predicted molar refractivity (Wildman–Crippen MR) is 50.6 cm³/mol. The molecule has 3 atom stereocenters. The molecule has 2 N–H and O–H groups in total. The summed E-state index contributed by atoms with van der Waals surface area (Å²) in [4.78, 5) is 0. The molecule has 3 unspecified atom stereocenters. The molecule has 13 heavy (non-hydrogen) atoms. The Balaban J connectivity index is 1.66. The van der Waals surface area contributed by atoms with Gasteiger partial charge in [-0.25, -0.2) is 0 Å². The third-order valence-corrected chi connectivity index (χ3v) is 2.89. The van der Waals surface area contributed by atoms with Crippen molar-refractivity contribution in [2.45, 2.75) is 57.0 Å². The number of aliphatic hydroxyl groups excluding tert-OH is 1. The van der Waals surface area contributed by atoms with Crippen LogP contribution >= 0.6 is 0 Å². The topological polar surface area (TPSA) is 41.5 Å². The maximum Gasteiger partial charge on any atom is 0.0926 e. The number of nitrogens with one attached hydrogen (secondary N) is 1. The molecule has 3 heteroatoms. The largest absolute Gasteiger partial charge is 0.389 e. The van der Waals surface area contributed by atoms with Gasteiger partial charge in [-0.3, -0.25) is 0 Å². The lowest BCUT2D eigenvalue weighted by molar-refractivity contribution is -0.0274. The monoisotopic (exact) mass is 185 g/mol. The molecule has 2 rings (SSSR count). The van der Waals surface area contributed by atoms with Crippen LogP contribution in [0.15, 0.2) is 0 Å². The molecule has 0 bridgehead atoms. The van der Waals surface area contributed by atoms with E-state index < -0.39 is 0 Å². The van der Waals surface area contributed by atoms with Crippen LogP contribution in [0.25, 0.3) is 0 Å². The van der Waals surface area contributed by atoms with Crippen molar-refractivity contribution in [3.05, 3.63) is 0 Å². The molecule has 0 aromatic heterocycles. The van der Waals surface area contributed by atoms with Gasteiger partial charge < -0.3 is 15.2 Å². The SMILES string of the molecule is CC1CCC(C(O)CNC2CC2)O1. The molecule has 1 aliphatic carbocycles. The first-order valence-corrected chi connectivity index (χ1v) is 5.32. The molecule has 0 aromatic carbocycles. The normalized spacial score (nSPS) is 36.5. The Bertz CT molecular complexity index is 170. The molecule has 1 saturated carbocycles. The molecule has 3 nitrogen and oxygen atoms in total. The van der Waals surface area contributed by atoms with Gasteiger partial charge >= 0.3 is 0 Å². The van der Waals surface area contributed by atoms with Crippen LogP contribution in [-0.4, -0.2) is 36.0 Å². The van der Waals surface area contributed by atoms with Crippen molar-refractivity contribution >= 4 is 0 Å². The zero-order chi connectivity index (χ0) is 9.26. The number of rotatable bonds is 4. The van der Waals surface area contributed by atoms with Crippen LogP contribution in [0.2, 0.25) is 0 Å². The van der Waals surface area contributed by atoms with E-state index in [1.807, 2.05) is 0 Å². The van der Waals surface area contributed by atoms with E-state index in [-0.39, 0.29) is 12.2 Å². The summed E-state index contributed by atoms with van der Waals surface area (Å²) < 4.78 is 5.59. The van der Waals surface area contributed by atoms with Crippen LogP contribution < -0.4 is 5.32 Å². The fourth-order valence-corrected chi connectivity index (χ4v) is 1.82. The fraction of sp³-hybridized carbons (Fsp3) is 1.00. The summed E-state index contributed by atoms with van der Waals surface area (Å²) in [5.74, 6) is 0. The number of ether oxygens (including phenoxy) is 1. The maximum absolute atomic E-state index is 9.76. The van der Waals surface area contributed by atoms with Crippen LogP contribution in [-0.2, 0) is 4.74 Å². The summed E-state index contributed by atoms with van der Waals surface area (Å²) in [5.41, 5.74) is 0. The molecule has 76 valence electrons. The Morgan fingerprint density at radius 3 is 2.69 bits per heavy atom. The summed E-state index contributed by atoms with van der Waals surface area (Å²) in [5, 5.41) is 13.1. The molecular weight excluding hydrogens is 166 g/mol. The zero-order valence-corrected chi connectivity index (χ0v) is 8.20. The lowest BCUT2D eigenvalue weighted by Crippen LogP contribution is -2.37. The summed E-state index contributed by atoms with van der Waals surface area (Å²) >= 11 is 0. The van der Waals surface area contributed by atoms with Gasteiger partial charge in [0.05, 0.1) is 18.3 Å². The van der Waals surface area contributed by atoms with Crippen LogP contribution in [0.5, 0.6) is 0 Å². The molecular formula is C10H19NO2. The third-order valence-electron chi connectivity index (χ3n) is 2.89. The van der Waals surface area contributed by atoms with Gasteiger partial charge in [0.15, 0.2) is 0 Å². The summed E-state index contributed by atoms with van der Waals surface area (Å²) in [7, 11) is 0. The second-order valence-corrected chi connectivity index (χ2v) is 4.31. The van der Waals surface area contributed by atoms with Crippen molar-refractivity contribution < 1.29 is 9.84 Å². The molecule has 0 aromatic rings. The lowest BCUT2D eigenvalue weighted by atomic mass is 10.1. The minimum absolute atomic E-state index is 0.0706. The Labute approximate surface area is 79.5 Å². The average molecular weight is 185 g/mol. The Morgan fingerprint density at radius 2 is 2.15 bits per heavy atom. The molecule has 2 aliphatic rings. The summed E-state index contributed by atoms with van der Waals surface area (Å²) in [6, 6.07) is 0.675. The van der Waals surface area contributed by atoms with E-state index in [1.165, 1.54) is 12.8 Å². The van der Waals surface area contributed by atoms with Crippen molar-refractivity contribution in [2.24, 2.45) is 0 Å². The quantitative estimate of drug-likeness (QED) is 0.676. The van der Waals surface area contributed by atoms with Crippen LogP contribution in [0, 0.1) is 0 Å². The van der Waals surface area contributed by atoms with Gasteiger partial charge in [-0.2, -0.15) is 0 Å². The molecule has 2 fully saturated rings. The molecule has 1 aliphatic heterocycles. The highest BCUT2D eigenvalue weighted by Gasteiger charge is 2.29. The number of hydrogen-bond donors (Lipinski definition) is 2. The average Bonchev–Trinajstić information content (AvgIpc) is 2.84. The molecule has 0 spiro atoms. The Morgan fingerprint density at radius 1 is 1.38 bits per heavy atom. The molecule has 0 amide bonds. The second kappa shape index (κ2) is 3.95. The minimum atomic E-state index is -0.314. The first kappa shape index (κ1) is 9.44. The Kier molecular flexibility index (Phi) is 2.86. The maximum atomic E-state index is 9.76. The van der Waals surface area contributed by atoms with Crippen molar-refractivity contribution in [3.63, 3.8) is 0 Å². The van der Waals surface area contributed by atoms with Crippen molar-refractivity contribution in [1.29, 1.82) is 0 Å². The van der Waals surface area contributed by atoms with Crippen molar-refractivity contribution in [2.75, 3.05) is 6.54 Å². The number of hydrogen-bond acceptors (Lipinski definition) is 3. The van der Waals surface area contributed by atoms with E-state index >= 15 is 0 Å². The van der Waals surface area contributed by atoms with Gasteiger partial charge in [-0.1, -0.05) is 0 Å². The van der Waals surface area contributed by atoms with E-state index in [9.17, 15) is 5.11 Å². The van der Waals surface area contributed by atoms with Gasteiger partial charge in [0, 0.05) is 12.6 Å². The summed E-state index contributed by atoms with van der Waals surface area (Å²) in [6.07, 6.45) is 4.73. The molecule has 1 saturated heterocycles.